The molecule has 3 nitrogen and oxygen atoms in total. The van der Waals surface area contributed by atoms with Gasteiger partial charge in [0.15, 0.2) is 0 Å². The number of hydrogen-bond acceptors (Lipinski definition) is 2. The third-order valence-corrected chi connectivity index (χ3v) is 1.49. The molecule has 64 valence electrons. The Balaban J connectivity index is 3.15. The van der Waals surface area contributed by atoms with Gasteiger partial charge in [0.25, 0.3) is 5.69 Å². The molecule has 0 fully saturated rings. The highest BCUT2D eigenvalue weighted by Gasteiger charge is 2.06. The van der Waals surface area contributed by atoms with Gasteiger partial charge in [0.05, 0.1) is 4.92 Å². The van der Waals surface area contributed by atoms with Crippen molar-refractivity contribution in [3.63, 3.8) is 0 Å². The van der Waals surface area contributed by atoms with E-state index in [1.807, 2.05) is 0 Å². The molecule has 1 rings (SSSR count). The molecule has 0 aromatic heterocycles. The number of rotatable bonds is 2. The Morgan fingerprint density at radius 2 is 2.17 bits per heavy atom. The van der Waals surface area contributed by atoms with Gasteiger partial charge in [0.2, 0.25) is 0 Å². The normalized spacial score (nSPS) is 9.83. The number of benzene rings is 1. The molecule has 0 radical (unpaired) electrons. The monoisotopic (exact) mass is 169 g/mol. The first-order valence-electron chi connectivity index (χ1n) is 3.44. The largest absolute Gasteiger partial charge is 0.270 e. The van der Waals surface area contributed by atoms with Crippen molar-refractivity contribution in [2.24, 2.45) is 0 Å². The van der Waals surface area contributed by atoms with Gasteiger partial charge in [-0.05, 0) is 18.1 Å². The number of aryl methyl sites for hydroxylation is 1. The third-order valence-electron chi connectivity index (χ3n) is 1.49. The maximum absolute atomic E-state index is 12.1. The molecular weight excluding hydrogens is 161 g/mol. The molecule has 1 aromatic carbocycles. The fourth-order valence-corrected chi connectivity index (χ4v) is 1.02. The van der Waals surface area contributed by atoms with Crippen LogP contribution >= 0.6 is 0 Å². The lowest BCUT2D eigenvalue weighted by Crippen LogP contribution is -1.90. The van der Waals surface area contributed by atoms with E-state index >= 15 is 0 Å². The summed E-state index contributed by atoms with van der Waals surface area (Å²) in [5.74, 6) is 0. The maximum atomic E-state index is 12.1. The second-order valence-electron chi connectivity index (χ2n) is 2.57. The van der Waals surface area contributed by atoms with Crippen LogP contribution in [-0.4, -0.2) is 4.92 Å². The Bertz CT molecular complexity index is 312. The number of non-ortho nitro benzene ring substituents is 1. The predicted octanol–water partition coefficient (Wildman–Crippen LogP) is 2.37. The van der Waals surface area contributed by atoms with Crippen LogP contribution in [0.4, 0.5) is 10.1 Å². The molecule has 0 atom stereocenters. The van der Waals surface area contributed by atoms with Crippen LogP contribution in [0.1, 0.15) is 11.1 Å². The van der Waals surface area contributed by atoms with Crippen molar-refractivity contribution in [2.75, 3.05) is 0 Å². The Hall–Kier alpha value is -1.45. The van der Waals surface area contributed by atoms with Gasteiger partial charge < -0.3 is 0 Å². The molecule has 12 heavy (non-hydrogen) atoms. The van der Waals surface area contributed by atoms with Crippen LogP contribution in [0, 0.1) is 17.0 Å². The summed E-state index contributed by atoms with van der Waals surface area (Å²) in [5, 5.41) is 10.3. The van der Waals surface area contributed by atoms with E-state index in [-0.39, 0.29) is 5.69 Å². The molecule has 0 N–H and O–H groups in total. The van der Waals surface area contributed by atoms with Gasteiger partial charge in [-0.15, -0.1) is 0 Å². The van der Waals surface area contributed by atoms with E-state index in [1.165, 1.54) is 12.1 Å². The predicted molar refractivity (Wildman–Crippen MR) is 42.6 cm³/mol. The first kappa shape index (κ1) is 8.64. The van der Waals surface area contributed by atoms with E-state index in [4.69, 9.17) is 0 Å². The number of halogens is 1. The molecule has 0 aliphatic heterocycles. The SMILES string of the molecule is Cc1cc(CF)cc([N+](=O)[O-])c1. The molecule has 0 aliphatic carbocycles. The van der Waals surface area contributed by atoms with Crippen molar-refractivity contribution in [1.29, 1.82) is 0 Å². The summed E-state index contributed by atoms with van der Waals surface area (Å²) in [6, 6.07) is 4.25. The summed E-state index contributed by atoms with van der Waals surface area (Å²) in [6.45, 7) is 1.04. The Kier molecular flexibility index (Phi) is 2.38. The van der Waals surface area contributed by atoms with E-state index in [1.54, 1.807) is 13.0 Å². The van der Waals surface area contributed by atoms with Gasteiger partial charge in [-0.3, -0.25) is 10.1 Å². The number of alkyl halides is 1. The summed E-state index contributed by atoms with van der Waals surface area (Å²) in [6.07, 6.45) is 0. The average molecular weight is 169 g/mol. The highest BCUT2D eigenvalue weighted by atomic mass is 19.1. The highest BCUT2D eigenvalue weighted by molar-refractivity contribution is 5.38. The summed E-state index contributed by atoms with van der Waals surface area (Å²) in [7, 11) is 0. The van der Waals surface area contributed by atoms with E-state index in [0.717, 1.165) is 0 Å². The second-order valence-corrected chi connectivity index (χ2v) is 2.57. The fourth-order valence-electron chi connectivity index (χ4n) is 1.02. The van der Waals surface area contributed by atoms with Crippen molar-refractivity contribution in [1.82, 2.24) is 0 Å². The van der Waals surface area contributed by atoms with Crippen molar-refractivity contribution < 1.29 is 9.31 Å². The summed E-state index contributed by atoms with van der Waals surface area (Å²) >= 11 is 0. The average Bonchev–Trinajstić information content (AvgIpc) is 2.03. The molecule has 1 aromatic rings. The van der Waals surface area contributed by atoms with Gasteiger partial charge in [-0.1, -0.05) is 6.07 Å². The van der Waals surface area contributed by atoms with Crippen LogP contribution in [0.25, 0.3) is 0 Å². The molecular formula is C8H8FNO2. The molecule has 0 unspecified atom stereocenters. The molecule has 0 saturated carbocycles. The minimum absolute atomic E-state index is 0.0531. The highest BCUT2D eigenvalue weighted by Crippen LogP contribution is 2.16. The van der Waals surface area contributed by atoms with Gasteiger partial charge in [-0.25, -0.2) is 4.39 Å². The van der Waals surface area contributed by atoms with E-state index in [2.05, 4.69) is 0 Å². The smallest absolute Gasteiger partial charge is 0.258 e. The molecule has 0 heterocycles. The van der Waals surface area contributed by atoms with Crippen molar-refractivity contribution in [3.05, 3.63) is 39.4 Å². The van der Waals surface area contributed by atoms with Crippen molar-refractivity contribution in [3.8, 4) is 0 Å². The Labute approximate surface area is 69.0 Å². The maximum Gasteiger partial charge on any atom is 0.270 e. The Morgan fingerprint density at radius 1 is 1.50 bits per heavy atom. The second kappa shape index (κ2) is 3.30. The number of nitrogens with zero attached hydrogens (tertiary/aromatic N) is 1. The summed E-state index contributed by atoms with van der Waals surface area (Å²) < 4.78 is 12.1. The zero-order valence-corrected chi connectivity index (χ0v) is 6.58. The fraction of sp³-hybridized carbons (Fsp3) is 0.250. The zero-order valence-electron chi connectivity index (χ0n) is 6.58. The number of nitro groups is 1. The van der Waals surface area contributed by atoms with E-state index in [0.29, 0.717) is 11.1 Å². The van der Waals surface area contributed by atoms with E-state index in [9.17, 15) is 14.5 Å². The summed E-state index contributed by atoms with van der Waals surface area (Å²) in [5.41, 5.74) is 1.00. The molecule has 0 bridgehead atoms. The van der Waals surface area contributed by atoms with Crippen LogP contribution in [0.3, 0.4) is 0 Å². The van der Waals surface area contributed by atoms with Gasteiger partial charge in [-0.2, -0.15) is 0 Å². The Morgan fingerprint density at radius 3 is 2.67 bits per heavy atom. The topological polar surface area (TPSA) is 43.1 Å². The quantitative estimate of drug-likeness (QED) is 0.503. The minimum Gasteiger partial charge on any atom is -0.258 e. The first-order valence-corrected chi connectivity index (χ1v) is 3.44. The zero-order chi connectivity index (χ0) is 9.14. The number of nitro benzene ring substituents is 1. The van der Waals surface area contributed by atoms with Crippen molar-refractivity contribution >= 4 is 5.69 Å². The molecule has 0 saturated heterocycles. The molecule has 0 aliphatic rings. The summed E-state index contributed by atoms with van der Waals surface area (Å²) in [4.78, 5) is 9.78. The standard InChI is InChI=1S/C8H8FNO2/c1-6-2-7(5-9)4-8(3-6)10(11)12/h2-4H,5H2,1H3. The van der Waals surface area contributed by atoms with Crippen LogP contribution in [0.15, 0.2) is 18.2 Å². The first-order chi connectivity index (χ1) is 5.63. The van der Waals surface area contributed by atoms with Crippen LogP contribution in [0.5, 0.6) is 0 Å². The van der Waals surface area contributed by atoms with Gasteiger partial charge >= 0.3 is 0 Å². The minimum atomic E-state index is -0.664. The van der Waals surface area contributed by atoms with Crippen LogP contribution < -0.4 is 0 Å². The lowest BCUT2D eigenvalue weighted by Gasteiger charge is -1.97. The van der Waals surface area contributed by atoms with Gasteiger partial charge in [0, 0.05) is 12.1 Å². The lowest BCUT2D eigenvalue weighted by atomic mass is 10.1. The van der Waals surface area contributed by atoms with E-state index < -0.39 is 11.6 Å². The van der Waals surface area contributed by atoms with Crippen molar-refractivity contribution in [2.45, 2.75) is 13.6 Å². The third kappa shape index (κ3) is 1.78. The number of hydrogen-bond donors (Lipinski definition) is 0. The van der Waals surface area contributed by atoms with Crippen LogP contribution in [-0.2, 0) is 6.67 Å². The molecule has 0 spiro atoms. The lowest BCUT2D eigenvalue weighted by molar-refractivity contribution is -0.385. The van der Waals surface area contributed by atoms with Crippen LogP contribution in [0.2, 0.25) is 0 Å². The molecule has 4 heteroatoms. The van der Waals surface area contributed by atoms with Gasteiger partial charge in [0.1, 0.15) is 6.67 Å². The molecule has 0 amide bonds.